The lowest BCUT2D eigenvalue weighted by Gasteiger charge is -2.20. The highest BCUT2D eigenvalue weighted by molar-refractivity contribution is 7.98. The summed E-state index contributed by atoms with van der Waals surface area (Å²) in [6.45, 7) is 8.20. The quantitative estimate of drug-likeness (QED) is 0.786. The Hall–Kier alpha value is -0.670. The highest BCUT2D eigenvalue weighted by Crippen LogP contribution is 2.13. The second-order valence-electron chi connectivity index (χ2n) is 5.09. The van der Waals surface area contributed by atoms with Crippen LogP contribution in [0.5, 0.6) is 5.75 Å². The van der Waals surface area contributed by atoms with Crippen molar-refractivity contribution in [2.45, 2.75) is 32.9 Å². The van der Waals surface area contributed by atoms with Gasteiger partial charge in [-0.2, -0.15) is 11.8 Å². The van der Waals surface area contributed by atoms with Crippen LogP contribution in [-0.2, 0) is 6.54 Å². The zero-order valence-electron chi connectivity index (χ0n) is 11.2. The van der Waals surface area contributed by atoms with Crippen LogP contribution in [0.25, 0.3) is 0 Å². The van der Waals surface area contributed by atoms with E-state index in [1.807, 2.05) is 12.1 Å². The summed E-state index contributed by atoms with van der Waals surface area (Å²) in [5.41, 5.74) is 1.45. The Kier molecular flexibility index (Phi) is 5.86. The zero-order chi connectivity index (χ0) is 12.7. The lowest BCUT2D eigenvalue weighted by Crippen LogP contribution is -2.35. The third kappa shape index (κ3) is 6.59. The molecule has 96 valence electrons. The fourth-order valence-corrected chi connectivity index (χ4v) is 1.56. The summed E-state index contributed by atoms with van der Waals surface area (Å²) in [4.78, 5) is 0. The van der Waals surface area contributed by atoms with Crippen LogP contribution < -0.4 is 10.1 Å². The smallest absolute Gasteiger partial charge is 0.119 e. The molecule has 2 nitrogen and oxygen atoms in total. The van der Waals surface area contributed by atoms with Crippen LogP contribution >= 0.6 is 11.8 Å². The molecule has 0 amide bonds. The summed E-state index contributed by atoms with van der Waals surface area (Å²) < 4.78 is 5.61. The molecule has 0 aliphatic carbocycles. The second-order valence-corrected chi connectivity index (χ2v) is 6.07. The lowest BCUT2D eigenvalue weighted by atomic mass is 10.1. The van der Waals surface area contributed by atoms with Crippen LogP contribution in [0.2, 0.25) is 0 Å². The lowest BCUT2D eigenvalue weighted by molar-refractivity contribution is 0.344. The predicted octanol–water partition coefficient (Wildman–Crippen LogP) is 3.32. The fourth-order valence-electron chi connectivity index (χ4n) is 1.31. The SMILES string of the molecule is CSCCOc1ccc(CNC(C)(C)C)cc1. The number of benzene rings is 1. The topological polar surface area (TPSA) is 21.3 Å². The van der Waals surface area contributed by atoms with Gasteiger partial charge in [0.15, 0.2) is 0 Å². The van der Waals surface area contributed by atoms with E-state index in [-0.39, 0.29) is 5.54 Å². The molecule has 1 aromatic rings. The molecular formula is C14H23NOS. The Morgan fingerprint density at radius 1 is 1.18 bits per heavy atom. The molecule has 0 unspecified atom stereocenters. The van der Waals surface area contributed by atoms with Gasteiger partial charge >= 0.3 is 0 Å². The number of rotatable bonds is 6. The molecule has 0 heterocycles. The van der Waals surface area contributed by atoms with E-state index in [2.05, 4.69) is 44.5 Å². The van der Waals surface area contributed by atoms with E-state index >= 15 is 0 Å². The van der Waals surface area contributed by atoms with Crippen molar-refractivity contribution >= 4 is 11.8 Å². The Bertz CT molecular complexity index is 316. The van der Waals surface area contributed by atoms with Gasteiger partial charge in [-0.05, 0) is 44.7 Å². The molecule has 0 aliphatic heterocycles. The molecule has 17 heavy (non-hydrogen) atoms. The second kappa shape index (κ2) is 6.92. The van der Waals surface area contributed by atoms with Crippen LogP contribution in [0.4, 0.5) is 0 Å². The summed E-state index contributed by atoms with van der Waals surface area (Å²) in [6.07, 6.45) is 2.09. The van der Waals surface area contributed by atoms with E-state index in [4.69, 9.17) is 4.74 Å². The fraction of sp³-hybridized carbons (Fsp3) is 0.571. The van der Waals surface area contributed by atoms with E-state index in [9.17, 15) is 0 Å². The van der Waals surface area contributed by atoms with Crippen molar-refractivity contribution in [3.63, 3.8) is 0 Å². The number of ether oxygens (including phenoxy) is 1. The molecule has 1 aromatic carbocycles. The maximum absolute atomic E-state index is 5.61. The van der Waals surface area contributed by atoms with Crippen molar-refractivity contribution in [1.82, 2.24) is 5.32 Å². The minimum absolute atomic E-state index is 0.160. The Morgan fingerprint density at radius 2 is 1.82 bits per heavy atom. The molecule has 0 saturated carbocycles. The van der Waals surface area contributed by atoms with Crippen LogP contribution in [0, 0.1) is 0 Å². The number of thioether (sulfide) groups is 1. The monoisotopic (exact) mass is 253 g/mol. The van der Waals surface area contributed by atoms with Crippen molar-refractivity contribution in [2.24, 2.45) is 0 Å². The standard InChI is InChI=1S/C14H23NOS/c1-14(2,3)15-11-12-5-7-13(8-6-12)16-9-10-17-4/h5-8,15H,9-11H2,1-4H3. The van der Waals surface area contributed by atoms with Crippen molar-refractivity contribution < 1.29 is 4.74 Å². The van der Waals surface area contributed by atoms with Gasteiger partial charge in [0, 0.05) is 17.8 Å². The van der Waals surface area contributed by atoms with E-state index in [1.165, 1.54) is 5.56 Å². The molecule has 3 heteroatoms. The highest BCUT2D eigenvalue weighted by Gasteiger charge is 2.07. The average molecular weight is 253 g/mol. The predicted molar refractivity (Wildman–Crippen MR) is 76.9 cm³/mol. The van der Waals surface area contributed by atoms with Crippen LogP contribution in [0.3, 0.4) is 0 Å². The van der Waals surface area contributed by atoms with Gasteiger partial charge in [-0.3, -0.25) is 0 Å². The number of hydrogen-bond acceptors (Lipinski definition) is 3. The molecule has 0 radical (unpaired) electrons. The van der Waals surface area contributed by atoms with E-state index in [0.717, 1.165) is 24.7 Å². The minimum atomic E-state index is 0.160. The number of hydrogen-bond donors (Lipinski definition) is 1. The summed E-state index contributed by atoms with van der Waals surface area (Å²) in [6, 6.07) is 8.32. The molecule has 0 aromatic heterocycles. The average Bonchev–Trinajstić information content (AvgIpc) is 2.27. The molecule has 0 fully saturated rings. The zero-order valence-corrected chi connectivity index (χ0v) is 12.1. The highest BCUT2D eigenvalue weighted by atomic mass is 32.2. The summed E-state index contributed by atoms with van der Waals surface area (Å²) >= 11 is 1.80. The van der Waals surface area contributed by atoms with Gasteiger partial charge in [0.25, 0.3) is 0 Å². The Balaban J connectivity index is 2.39. The molecule has 0 bridgehead atoms. The van der Waals surface area contributed by atoms with Gasteiger partial charge in [-0.25, -0.2) is 0 Å². The van der Waals surface area contributed by atoms with Gasteiger partial charge < -0.3 is 10.1 Å². The maximum atomic E-state index is 5.61. The molecule has 0 atom stereocenters. The van der Waals surface area contributed by atoms with Gasteiger partial charge in [0.1, 0.15) is 5.75 Å². The summed E-state index contributed by atoms with van der Waals surface area (Å²) in [7, 11) is 0. The Morgan fingerprint density at radius 3 is 2.35 bits per heavy atom. The van der Waals surface area contributed by atoms with Crippen LogP contribution in [0.15, 0.2) is 24.3 Å². The first-order chi connectivity index (χ1) is 8.01. The van der Waals surface area contributed by atoms with Crippen molar-refractivity contribution in [2.75, 3.05) is 18.6 Å². The molecule has 0 aliphatic rings. The third-order valence-electron chi connectivity index (χ3n) is 2.30. The van der Waals surface area contributed by atoms with Crippen molar-refractivity contribution in [1.29, 1.82) is 0 Å². The molecular weight excluding hydrogens is 230 g/mol. The van der Waals surface area contributed by atoms with Gasteiger partial charge in [-0.1, -0.05) is 12.1 Å². The van der Waals surface area contributed by atoms with Gasteiger partial charge in [0.05, 0.1) is 6.61 Å². The van der Waals surface area contributed by atoms with Gasteiger partial charge in [0.2, 0.25) is 0 Å². The van der Waals surface area contributed by atoms with Gasteiger partial charge in [-0.15, -0.1) is 0 Å². The van der Waals surface area contributed by atoms with E-state index in [1.54, 1.807) is 11.8 Å². The normalized spacial score (nSPS) is 11.5. The molecule has 0 saturated heterocycles. The van der Waals surface area contributed by atoms with Crippen LogP contribution in [0.1, 0.15) is 26.3 Å². The summed E-state index contributed by atoms with van der Waals surface area (Å²) in [5, 5.41) is 3.47. The van der Waals surface area contributed by atoms with E-state index in [0.29, 0.717) is 0 Å². The molecule has 1 N–H and O–H groups in total. The first kappa shape index (κ1) is 14.4. The molecule has 1 rings (SSSR count). The van der Waals surface area contributed by atoms with Crippen molar-refractivity contribution in [3.8, 4) is 5.75 Å². The van der Waals surface area contributed by atoms with Crippen molar-refractivity contribution in [3.05, 3.63) is 29.8 Å². The van der Waals surface area contributed by atoms with E-state index < -0.39 is 0 Å². The maximum Gasteiger partial charge on any atom is 0.119 e. The minimum Gasteiger partial charge on any atom is -0.493 e. The number of nitrogens with one attached hydrogen (secondary N) is 1. The Labute approximate surface area is 109 Å². The third-order valence-corrected chi connectivity index (χ3v) is 2.88. The first-order valence-electron chi connectivity index (χ1n) is 5.97. The summed E-state index contributed by atoms with van der Waals surface area (Å²) in [5.74, 6) is 1.99. The largest absolute Gasteiger partial charge is 0.493 e. The first-order valence-corrected chi connectivity index (χ1v) is 7.36. The van der Waals surface area contributed by atoms with Crippen LogP contribution in [-0.4, -0.2) is 24.2 Å². The molecule has 0 spiro atoms.